The monoisotopic (exact) mass is 402 g/mol. The van der Waals surface area contributed by atoms with Crippen LogP contribution in [-0.2, 0) is 9.59 Å². The van der Waals surface area contributed by atoms with Gasteiger partial charge in [0.05, 0.1) is 5.41 Å². The van der Waals surface area contributed by atoms with Gasteiger partial charge in [0.1, 0.15) is 5.82 Å². The van der Waals surface area contributed by atoms with Crippen LogP contribution in [0, 0.1) is 11.2 Å². The first-order chi connectivity index (χ1) is 13.9. The van der Waals surface area contributed by atoms with Crippen molar-refractivity contribution in [1.82, 2.24) is 15.1 Å². The Morgan fingerprint density at radius 3 is 2.38 bits per heavy atom. The summed E-state index contributed by atoms with van der Waals surface area (Å²) >= 11 is 0. The average Bonchev–Trinajstić information content (AvgIpc) is 3.03. The number of piperidine rings is 1. The lowest BCUT2D eigenvalue weighted by molar-refractivity contribution is -0.136. The Balaban J connectivity index is 1.22. The van der Waals surface area contributed by atoms with Gasteiger partial charge in [-0.25, -0.2) is 4.39 Å². The number of carbonyl (C=O) groups is 2. The first kappa shape index (κ1) is 20.1. The maximum atomic E-state index is 13.1. The molecule has 3 saturated heterocycles. The van der Waals surface area contributed by atoms with Crippen molar-refractivity contribution in [3.63, 3.8) is 0 Å². The highest BCUT2D eigenvalue weighted by molar-refractivity contribution is 5.85. The zero-order valence-corrected chi connectivity index (χ0v) is 17.2. The predicted molar refractivity (Wildman–Crippen MR) is 110 cm³/mol. The van der Waals surface area contributed by atoms with Gasteiger partial charge >= 0.3 is 0 Å². The van der Waals surface area contributed by atoms with Crippen LogP contribution in [0.5, 0.6) is 0 Å². The van der Waals surface area contributed by atoms with Crippen LogP contribution < -0.4 is 10.2 Å². The van der Waals surface area contributed by atoms with E-state index in [1.54, 1.807) is 6.92 Å². The number of nitrogens with one attached hydrogen (secondary N) is 1. The van der Waals surface area contributed by atoms with E-state index in [0.29, 0.717) is 13.1 Å². The van der Waals surface area contributed by atoms with Gasteiger partial charge in [0.25, 0.3) is 0 Å². The Hall–Kier alpha value is -2.15. The lowest BCUT2D eigenvalue weighted by Crippen LogP contribution is -2.47. The minimum Gasteiger partial charge on any atom is -0.369 e. The van der Waals surface area contributed by atoms with Crippen molar-refractivity contribution >= 4 is 17.5 Å². The molecule has 1 aromatic carbocycles. The molecule has 1 atom stereocenters. The van der Waals surface area contributed by atoms with Crippen molar-refractivity contribution in [1.29, 1.82) is 0 Å². The van der Waals surface area contributed by atoms with Crippen molar-refractivity contribution in [2.75, 3.05) is 50.7 Å². The van der Waals surface area contributed by atoms with E-state index < -0.39 is 0 Å². The molecular formula is C22H31FN4O2. The maximum Gasteiger partial charge on any atom is 0.226 e. The fraction of sp³-hybridized carbons (Fsp3) is 0.636. The third kappa shape index (κ3) is 4.39. The molecule has 0 aliphatic carbocycles. The molecule has 7 heteroatoms. The zero-order valence-electron chi connectivity index (χ0n) is 17.2. The van der Waals surface area contributed by atoms with E-state index in [9.17, 15) is 14.0 Å². The number of hydrogen-bond donors (Lipinski definition) is 1. The van der Waals surface area contributed by atoms with Gasteiger partial charge in [-0.05, 0) is 49.9 Å². The van der Waals surface area contributed by atoms with Crippen molar-refractivity contribution in [2.24, 2.45) is 5.41 Å². The van der Waals surface area contributed by atoms with E-state index in [-0.39, 0.29) is 29.1 Å². The Kier molecular flexibility index (Phi) is 5.76. The number of rotatable bonds is 4. The number of hydrogen-bond acceptors (Lipinski definition) is 4. The van der Waals surface area contributed by atoms with Crippen LogP contribution in [-0.4, -0.2) is 73.5 Å². The van der Waals surface area contributed by atoms with Crippen molar-refractivity contribution < 1.29 is 14.0 Å². The fourth-order valence-electron chi connectivity index (χ4n) is 5.03. The number of piperazine rings is 1. The van der Waals surface area contributed by atoms with E-state index in [1.807, 2.05) is 17.0 Å². The molecule has 0 radical (unpaired) electrons. The van der Waals surface area contributed by atoms with E-state index in [2.05, 4.69) is 15.1 Å². The van der Waals surface area contributed by atoms with Gasteiger partial charge in [0, 0.05) is 64.5 Å². The highest BCUT2D eigenvalue weighted by Crippen LogP contribution is 2.41. The number of anilines is 1. The fourth-order valence-corrected chi connectivity index (χ4v) is 5.03. The van der Waals surface area contributed by atoms with Crippen molar-refractivity contribution in [3.8, 4) is 0 Å². The molecule has 6 nitrogen and oxygen atoms in total. The molecule has 2 amide bonds. The molecule has 3 aliphatic heterocycles. The van der Waals surface area contributed by atoms with Crippen LogP contribution in [0.1, 0.15) is 32.6 Å². The second-order valence-corrected chi connectivity index (χ2v) is 8.75. The first-order valence-electron chi connectivity index (χ1n) is 10.7. The third-order valence-electron chi connectivity index (χ3n) is 6.98. The summed E-state index contributed by atoms with van der Waals surface area (Å²) < 4.78 is 13.1. The molecule has 1 aromatic rings. The molecule has 1 N–H and O–H groups in total. The Morgan fingerprint density at radius 1 is 1.10 bits per heavy atom. The number of carbonyl (C=O) groups excluding carboxylic acids is 2. The highest BCUT2D eigenvalue weighted by atomic mass is 19.1. The number of benzene rings is 1. The Morgan fingerprint density at radius 2 is 1.76 bits per heavy atom. The van der Waals surface area contributed by atoms with Gasteiger partial charge in [-0.1, -0.05) is 0 Å². The van der Waals surface area contributed by atoms with E-state index in [4.69, 9.17) is 0 Å². The molecule has 4 rings (SSSR count). The molecule has 0 unspecified atom stereocenters. The molecule has 3 fully saturated rings. The smallest absolute Gasteiger partial charge is 0.226 e. The third-order valence-corrected chi connectivity index (χ3v) is 6.98. The summed E-state index contributed by atoms with van der Waals surface area (Å²) in [7, 11) is 0. The quantitative estimate of drug-likeness (QED) is 0.835. The first-order valence-corrected chi connectivity index (χ1v) is 10.7. The molecule has 0 aromatic heterocycles. The van der Waals surface area contributed by atoms with E-state index in [0.717, 1.165) is 64.1 Å². The number of amides is 2. The van der Waals surface area contributed by atoms with Crippen molar-refractivity contribution in [2.45, 2.75) is 38.6 Å². The van der Waals surface area contributed by atoms with Crippen LogP contribution in [0.15, 0.2) is 24.3 Å². The molecule has 3 aliphatic rings. The summed E-state index contributed by atoms with van der Waals surface area (Å²) in [5, 5.41) is 3.22. The van der Waals surface area contributed by atoms with Gasteiger partial charge in [0.2, 0.25) is 11.8 Å². The van der Waals surface area contributed by atoms with Crippen LogP contribution in [0.2, 0.25) is 0 Å². The van der Waals surface area contributed by atoms with Crippen LogP contribution in [0.25, 0.3) is 0 Å². The molecule has 0 saturated carbocycles. The molecular weight excluding hydrogens is 371 g/mol. The lowest BCUT2D eigenvalue weighted by Gasteiger charge is -2.37. The summed E-state index contributed by atoms with van der Waals surface area (Å²) in [5.41, 5.74) is 0.811. The van der Waals surface area contributed by atoms with E-state index in [1.165, 1.54) is 12.1 Å². The summed E-state index contributed by atoms with van der Waals surface area (Å²) in [4.78, 5) is 30.8. The van der Waals surface area contributed by atoms with Gasteiger partial charge in [-0.15, -0.1) is 0 Å². The maximum absolute atomic E-state index is 13.1. The van der Waals surface area contributed by atoms with Gasteiger partial charge in [-0.2, -0.15) is 0 Å². The second kappa shape index (κ2) is 8.30. The average molecular weight is 403 g/mol. The molecule has 158 valence electrons. The van der Waals surface area contributed by atoms with Crippen molar-refractivity contribution in [3.05, 3.63) is 30.1 Å². The SMILES string of the molecule is CC(=O)N1CCC2(CC1)C[C@H](CCN1CCN(c3ccc(F)cc3)CC1)NC2=O. The normalized spacial score (nSPS) is 24.8. The molecule has 29 heavy (non-hydrogen) atoms. The summed E-state index contributed by atoms with van der Waals surface area (Å²) in [5.74, 6) is 0.0946. The Labute approximate surface area is 172 Å². The molecule has 0 bridgehead atoms. The minimum atomic E-state index is -0.266. The summed E-state index contributed by atoms with van der Waals surface area (Å²) in [6, 6.07) is 6.95. The zero-order chi connectivity index (χ0) is 20.4. The summed E-state index contributed by atoms with van der Waals surface area (Å²) in [6.07, 6.45) is 3.43. The number of halogens is 1. The summed E-state index contributed by atoms with van der Waals surface area (Å²) in [6.45, 7) is 7.82. The number of nitrogens with zero attached hydrogens (tertiary/aromatic N) is 3. The molecule has 1 spiro atoms. The van der Waals surface area contributed by atoms with Gasteiger partial charge in [-0.3, -0.25) is 14.5 Å². The van der Waals surface area contributed by atoms with Gasteiger partial charge < -0.3 is 15.1 Å². The van der Waals surface area contributed by atoms with E-state index >= 15 is 0 Å². The minimum absolute atomic E-state index is 0.106. The topological polar surface area (TPSA) is 55.9 Å². The molecule has 3 heterocycles. The number of likely N-dealkylation sites (tertiary alicyclic amines) is 1. The lowest BCUT2D eigenvalue weighted by atomic mass is 9.75. The largest absolute Gasteiger partial charge is 0.369 e. The Bertz CT molecular complexity index is 738. The van der Waals surface area contributed by atoms with Crippen LogP contribution in [0.4, 0.5) is 10.1 Å². The highest BCUT2D eigenvalue weighted by Gasteiger charge is 2.48. The van der Waals surface area contributed by atoms with Crippen LogP contribution in [0.3, 0.4) is 0 Å². The van der Waals surface area contributed by atoms with Crippen LogP contribution >= 0.6 is 0 Å². The second-order valence-electron chi connectivity index (χ2n) is 8.75. The standard InChI is InChI=1S/C22H31FN4O2/c1-17(28)26-10-7-22(8-11-26)16-19(24-21(22)29)6-9-25-12-14-27(15-13-25)20-4-2-18(23)3-5-20/h2-5,19H,6-16H2,1H3,(H,24,29)/t19-/m0/s1. The predicted octanol–water partition coefficient (Wildman–Crippen LogP) is 1.86. The van der Waals surface area contributed by atoms with Gasteiger partial charge in [0.15, 0.2) is 0 Å².